The summed E-state index contributed by atoms with van der Waals surface area (Å²) in [5, 5.41) is 24.1. The molecule has 2 fully saturated rings. The lowest BCUT2D eigenvalue weighted by atomic mass is 9.73. The molecule has 7 nitrogen and oxygen atoms in total. The van der Waals surface area contributed by atoms with Crippen molar-refractivity contribution in [2.45, 2.75) is 104 Å². The van der Waals surface area contributed by atoms with E-state index in [4.69, 9.17) is 9.47 Å². The number of ketones is 1. The van der Waals surface area contributed by atoms with Crippen molar-refractivity contribution in [3.05, 3.63) is 21.9 Å². The van der Waals surface area contributed by atoms with Crippen LogP contribution >= 0.6 is 11.3 Å². The number of halogens is 1. The van der Waals surface area contributed by atoms with Gasteiger partial charge in [-0.1, -0.05) is 34.1 Å². The number of aryl methyl sites for hydroxylation is 1. The van der Waals surface area contributed by atoms with E-state index in [2.05, 4.69) is 4.98 Å². The highest BCUT2D eigenvalue weighted by atomic mass is 32.1. The number of hydrogen-bond donors (Lipinski definition) is 2. The first-order valence-electron chi connectivity index (χ1n) is 12.3. The van der Waals surface area contributed by atoms with Crippen molar-refractivity contribution in [1.29, 1.82) is 0 Å². The molecule has 9 heteroatoms. The Morgan fingerprint density at radius 2 is 1.94 bits per heavy atom. The molecule has 1 aromatic heterocycles. The number of epoxide rings is 1. The predicted octanol–water partition coefficient (Wildman–Crippen LogP) is 4.38. The summed E-state index contributed by atoms with van der Waals surface area (Å²) in [4.78, 5) is 30.2. The standard InChI is InChI=1S/C26H38FNO6S/c1-14-8-7-9-26(6)21(34-26)11-19(18(27)10-17-13-35-16(3)28-17)33-22(30)12-20(29)25(4,5)24(32)15(2)23(14)31/h10,13-15,19-21,23,29,31H,7-9,11-12H2,1-6H3/t14-,15+,19-,20-,21+,23-,26+/m0/s1. The third-order valence-corrected chi connectivity index (χ3v) is 8.43. The Labute approximate surface area is 210 Å². The maximum Gasteiger partial charge on any atom is 0.309 e. The zero-order chi connectivity index (χ0) is 26.1. The fourth-order valence-corrected chi connectivity index (χ4v) is 5.44. The minimum atomic E-state index is -1.35. The first-order valence-corrected chi connectivity index (χ1v) is 13.2. The van der Waals surface area contributed by atoms with E-state index in [1.165, 1.54) is 17.4 Å². The number of esters is 1. The van der Waals surface area contributed by atoms with Gasteiger partial charge in [0.1, 0.15) is 11.6 Å². The summed E-state index contributed by atoms with van der Waals surface area (Å²) in [6, 6.07) is 0. The largest absolute Gasteiger partial charge is 0.455 e. The summed E-state index contributed by atoms with van der Waals surface area (Å²) >= 11 is 1.39. The summed E-state index contributed by atoms with van der Waals surface area (Å²) < 4.78 is 26.7. The van der Waals surface area contributed by atoms with Gasteiger partial charge in [-0.3, -0.25) is 9.59 Å². The summed E-state index contributed by atoms with van der Waals surface area (Å²) in [5.74, 6) is -2.62. The Balaban J connectivity index is 1.85. The van der Waals surface area contributed by atoms with Gasteiger partial charge in [-0.15, -0.1) is 11.3 Å². The number of aliphatic hydroxyl groups is 2. The number of fused-ring (bicyclic) bond motifs is 1. The van der Waals surface area contributed by atoms with Crippen LogP contribution in [0.2, 0.25) is 0 Å². The fraction of sp³-hybridized carbons (Fsp3) is 0.731. The number of carbonyl (C=O) groups is 2. The van der Waals surface area contributed by atoms with Crippen molar-refractivity contribution in [3.63, 3.8) is 0 Å². The average Bonchev–Trinajstić information content (AvgIpc) is 3.22. The van der Waals surface area contributed by atoms with Crippen LogP contribution in [0.3, 0.4) is 0 Å². The first kappa shape index (κ1) is 27.9. The zero-order valence-electron chi connectivity index (χ0n) is 21.4. The Morgan fingerprint density at radius 1 is 1.26 bits per heavy atom. The van der Waals surface area contributed by atoms with Crippen LogP contribution in [-0.2, 0) is 19.1 Å². The Bertz CT molecular complexity index is 961. The topological polar surface area (TPSA) is 109 Å². The van der Waals surface area contributed by atoms with Gasteiger partial charge in [0.15, 0.2) is 6.10 Å². The third-order valence-electron chi connectivity index (χ3n) is 7.64. The van der Waals surface area contributed by atoms with Gasteiger partial charge in [-0.05, 0) is 38.7 Å². The molecule has 0 aliphatic carbocycles. The highest BCUT2D eigenvalue weighted by Crippen LogP contribution is 2.45. The molecule has 3 rings (SSSR count). The second-order valence-electron chi connectivity index (χ2n) is 10.9. The van der Waals surface area contributed by atoms with Crippen molar-refractivity contribution >= 4 is 29.2 Å². The molecule has 3 heterocycles. The summed E-state index contributed by atoms with van der Waals surface area (Å²) in [5.41, 5.74) is -1.32. The lowest BCUT2D eigenvalue weighted by molar-refractivity contribution is -0.155. The minimum Gasteiger partial charge on any atom is -0.455 e. The number of aromatic nitrogens is 1. The van der Waals surface area contributed by atoms with Gasteiger partial charge in [0, 0.05) is 17.7 Å². The van der Waals surface area contributed by atoms with Gasteiger partial charge in [-0.25, -0.2) is 9.37 Å². The van der Waals surface area contributed by atoms with E-state index in [0.29, 0.717) is 18.5 Å². The summed E-state index contributed by atoms with van der Waals surface area (Å²) in [6.45, 7) is 10.4. The Kier molecular flexibility index (Phi) is 8.57. The number of thiazole rings is 1. The van der Waals surface area contributed by atoms with E-state index in [0.717, 1.165) is 11.4 Å². The maximum atomic E-state index is 15.3. The van der Waals surface area contributed by atoms with Crippen molar-refractivity contribution in [1.82, 2.24) is 4.98 Å². The van der Waals surface area contributed by atoms with Crippen LogP contribution in [0.25, 0.3) is 6.08 Å². The molecule has 2 N–H and O–H groups in total. The molecule has 1 aromatic rings. The Hall–Kier alpha value is -1.68. The van der Waals surface area contributed by atoms with E-state index >= 15 is 4.39 Å². The first-order chi connectivity index (χ1) is 16.2. The van der Waals surface area contributed by atoms with Gasteiger partial charge in [0.2, 0.25) is 0 Å². The lowest BCUT2D eigenvalue weighted by Gasteiger charge is -2.34. The number of ether oxygens (including phenoxy) is 2. The molecule has 2 aliphatic heterocycles. The predicted molar refractivity (Wildman–Crippen MR) is 131 cm³/mol. The minimum absolute atomic E-state index is 0.129. The van der Waals surface area contributed by atoms with Gasteiger partial charge in [-0.2, -0.15) is 0 Å². The molecule has 2 aliphatic rings. The number of hydrogen-bond acceptors (Lipinski definition) is 8. The number of rotatable bonds is 2. The molecule has 7 atom stereocenters. The van der Waals surface area contributed by atoms with E-state index < -0.39 is 53.5 Å². The molecular weight excluding hydrogens is 473 g/mol. The second-order valence-corrected chi connectivity index (χ2v) is 12.0. The number of nitrogens with zero attached hydrogens (tertiary/aromatic N) is 1. The Morgan fingerprint density at radius 3 is 2.57 bits per heavy atom. The molecule has 0 radical (unpaired) electrons. The van der Waals surface area contributed by atoms with Crippen molar-refractivity contribution in [3.8, 4) is 0 Å². The maximum absolute atomic E-state index is 15.3. The molecule has 35 heavy (non-hydrogen) atoms. The molecule has 0 unspecified atom stereocenters. The fourth-order valence-electron chi connectivity index (χ4n) is 4.86. The average molecular weight is 512 g/mol. The van der Waals surface area contributed by atoms with Crippen molar-refractivity contribution in [2.75, 3.05) is 0 Å². The lowest BCUT2D eigenvalue weighted by Crippen LogP contribution is -2.45. The van der Waals surface area contributed by atoms with Crippen LogP contribution < -0.4 is 0 Å². The quantitative estimate of drug-likeness (QED) is 0.448. The normalized spacial score (nSPS) is 37.5. The number of carbonyl (C=O) groups excluding carboxylic acids is 2. The van der Waals surface area contributed by atoms with E-state index in [1.54, 1.807) is 26.2 Å². The highest BCUT2D eigenvalue weighted by molar-refractivity contribution is 7.09. The molecule has 0 amide bonds. The highest BCUT2D eigenvalue weighted by Gasteiger charge is 2.53. The van der Waals surface area contributed by atoms with Gasteiger partial charge in [0.25, 0.3) is 0 Å². The zero-order valence-corrected chi connectivity index (χ0v) is 22.2. The van der Waals surface area contributed by atoms with E-state index in [9.17, 15) is 19.8 Å². The van der Waals surface area contributed by atoms with Crippen molar-refractivity contribution < 1.29 is 33.7 Å². The van der Waals surface area contributed by atoms with E-state index in [1.807, 2.05) is 20.8 Å². The smallest absolute Gasteiger partial charge is 0.309 e. The summed E-state index contributed by atoms with van der Waals surface area (Å²) in [6.07, 6.45) is -0.593. The third kappa shape index (κ3) is 6.56. The van der Waals surface area contributed by atoms with Crippen LogP contribution in [0, 0.1) is 24.2 Å². The van der Waals surface area contributed by atoms with Gasteiger partial charge >= 0.3 is 5.97 Å². The van der Waals surface area contributed by atoms with E-state index in [-0.39, 0.29) is 24.2 Å². The van der Waals surface area contributed by atoms with Crippen LogP contribution in [-0.4, -0.2) is 57.0 Å². The van der Waals surface area contributed by atoms with Gasteiger partial charge < -0.3 is 19.7 Å². The SMILES string of the molecule is Cc1nc(C=C(F)[C@@H]2C[C@H]3O[C@]3(C)CCC[C@H](C)[C@H](O)[C@@H](C)C(=O)C(C)(C)[C@@H](O)CC(=O)O2)cs1. The monoisotopic (exact) mass is 511 g/mol. The van der Waals surface area contributed by atoms with Crippen LogP contribution in [0.5, 0.6) is 0 Å². The molecule has 0 saturated carbocycles. The molecule has 2 saturated heterocycles. The molecule has 196 valence electrons. The number of aliphatic hydroxyl groups excluding tert-OH is 2. The number of cyclic esters (lactones) is 1. The summed E-state index contributed by atoms with van der Waals surface area (Å²) in [7, 11) is 0. The van der Waals surface area contributed by atoms with Crippen LogP contribution in [0.1, 0.15) is 77.4 Å². The number of Topliss-reactive ketones (excluding diaryl/α,β-unsaturated/α-hetero) is 1. The van der Waals surface area contributed by atoms with Crippen molar-refractivity contribution in [2.24, 2.45) is 17.3 Å². The second kappa shape index (κ2) is 10.7. The molecule has 0 aromatic carbocycles. The van der Waals surface area contributed by atoms with Gasteiger partial charge in [0.05, 0.1) is 46.5 Å². The van der Waals surface area contributed by atoms with Crippen LogP contribution in [0.4, 0.5) is 4.39 Å². The molecule has 0 bridgehead atoms. The molecule has 0 spiro atoms. The molecular formula is C26H38FNO6S. The van der Waals surface area contributed by atoms with Crippen LogP contribution in [0.15, 0.2) is 11.2 Å².